The lowest BCUT2D eigenvalue weighted by Gasteiger charge is -2.46. The molecule has 1 unspecified atom stereocenters. The summed E-state index contributed by atoms with van der Waals surface area (Å²) in [6, 6.07) is 2.51. The minimum atomic E-state index is -0.518. The van der Waals surface area contributed by atoms with E-state index < -0.39 is 11.1 Å². The molecule has 0 radical (unpaired) electrons. The third-order valence-corrected chi connectivity index (χ3v) is 4.29. The molecule has 5 heteroatoms. The van der Waals surface area contributed by atoms with Crippen molar-refractivity contribution in [1.29, 1.82) is 5.26 Å². The summed E-state index contributed by atoms with van der Waals surface area (Å²) >= 11 is 0. The third-order valence-electron chi connectivity index (χ3n) is 4.29. The number of carbonyl (C=O) groups excluding carboxylic acids is 1. The van der Waals surface area contributed by atoms with Gasteiger partial charge in [0.25, 0.3) is 0 Å². The Kier molecular flexibility index (Phi) is 4.77. The van der Waals surface area contributed by atoms with Crippen LogP contribution in [-0.4, -0.2) is 53.2 Å². The maximum atomic E-state index is 12.3. The van der Waals surface area contributed by atoms with Crippen LogP contribution in [0, 0.1) is 11.3 Å². The lowest BCUT2D eigenvalue weighted by molar-refractivity contribution is -0.00437. The number of ether oxygens (including phenoxy) is 1. The summed E-state index contributed by atoms with van der Waals surface area (Å²) in [6.45, 7) is 8.71. The molecule has 2 aliphatic rings. The van der Waals surface area contributed by atoms with Gasteiger partial charge in [-0.1, -0.05) is 6.42 Å². The van der Waals surface area contributed by atoms with Crippen molar-refractivity contribution in [3.63, 3.8) is 0 Å². The molecule has 1 amide bonds. The highest BCUT2D eigenvalue weighted by Crippen LogP contribution is 2.30. The van der Waals surface area contributed by atoms with Gasteiger partial charge in [0.05, 0.1) is 12.6 Å². The Balaban J connectivity index is 2.07. The van der Waals surface area contributed by atoms with E-state index in [0.717, 1.165) is 38.8 Å². The molecule has 0 N–H and O–H groups in total. The van der Waals surface area contributed by atoms with Crippen LogP contribution in [0.1, 0.15) is 52.9 Å². The Labute approximate surface area is 127 Å². The number of carbonyl (C=O) groups is 1. The van der Waals surface area contributed by atoms with Gasteiger partial charge in [-0.05, 0) is 59.5 Å². The minimum Gasteiger partial charge on any atom is -0.444 e. The number of amides is 1. The first-order valence-electron chi connectivity index (χ1n) is 8.01. The standard InChI is InChI=1S/C16H27N3O2/c1-15(2,3)21-14(20)18-9-7-8-16(12-17,13-18)19-10-5-4-6-11-19/h4-11,13H2,1-3H3. The van der Waals surface area contributed by atoms with Gasteiger partial charge in [-0.3, -0.25) is 4.90 Å². The Bertz CT molecular complexity index is 418. The molecular formula is C16H27N3O2. The van der Waals surface area contributed by atoms with E-state index in [1.165, 1.54) is 6.42 Å². The molecule has 2 heterocycles. The second kappa shape index (κ2) is 6.23. The molecule has 1 atom stereocenters. The van der Waals surface area contributed by atoms with Crippen LogP contribution in [0.25, 0.3) is 0 Å². The fraction of sp³-hybridized carbons (Fsp3) is 0.875. The average Bonchev–Trinajstić information content (AvgIpc) is 2.46. The molecule has 2 fully saturated rings. The molecule has 2 aliphatic heterocycles. The van der Waals surface area contributed by atoms with Crippen molar-refractivity contribution in [3.8, 4) is 6.07 Å². The topological polar surface area (TPSA) is 56.6 Å². The second-order valence-corrected chi connectivity index (χ2v) is 7.20. The SMILES string of the molecule is CC(C)(C)OC(=O)N1CCCC(C#N)(N2CCCCC2)C1. The largest absolute Gasteiger partial charge is 0.444 e. The van der Waals surface area contributed by atoms with E-state index in [1.54, 1.807) is 4.90 Å². The van der Waals surface area contributed by atoms with E-state index >= 15 is 0 Å². The highest BCUT2D eigenvalue weighted by molar-refractivity contribution is 5.68. The minimum absolute atomic E-state index is 0.293. The predicted molar refractivity (Wildman–Crippen MR) is 80.8 cm³/mol. The summed E-state index contributed by atoms with van der Waals surface area (Å²) in [6.07, 6.45) is 4.96. The van der Waals surface area contributed by atoms with Gasteiger partial charge in [-0.15, -0.1) is 0 Å². The maximum Gasteiger partial charge on any atom is 0.410 e. The van der Waals surface area contributed by atoms with Gasteiger partial charge in [0.1, 0.15) is 11.1 Å². The van der Waals surface area contributed by atoms with Crippen molar-refractivity contribution in [1.82, 2.24) is 9.80 Å². The smallest absolute Gasteiger partial charge is 0.410 e. The van der Waals surface area contributed by atoms with Crippen molar-refractivity contribution in [3.05, 3.63) is 0 Å². The molecule has 0 saturated carbocycles. The molecule has 0 aromatic rings. The Morgan fingerprint density at radius 1 is 1.14 bits per heavy atom. The molecule has 118 valence electrons. The lowest BCUT2D eigenvalue weighted by Crippen LogP contribution is -2.60. The van der Waals surface area contributed by atoms with Gasteiger partial charge in [0.15, 0.2) is 0 Å². The molecular weight excluding hydrogens is 266 g/mol. The fourth-order valence-electron chi connectivity index (χ4n) is 3.26. The van der Waals surface area contributed by atoms with Gasteiger partial charge >= 0.3 is 6.09 Å². The van der Waals surface area contributed by atoms with Crippen LogP contribution in [0.15, 0.2) is 0 Å². The zero-order valence-corrected chi connectivity index (χ0v) is 13.5. The average molecular weight is 293 g/mol. The molecule has 0 bridgehead atoms. The number of piperidine rings is 2. The van der Waals surface area contributed by atoms with E-state index in [9.17, 15) is 10.1 Å². The van der Waals surface area contributed by atoms with E-state index in [2.05, 4.69) is 11.0 Å². The van der Waals surface area contributed by atoms with Crippen molar-refractivity contribution in [2.45, 2.75) is 64.0 Å². The molecule has 0 aromatic carbocycles. The fourth-order valence-corrected chi connectivity index (χ4v) is 3.26. The second-order valence-electron chi connectivity index (χ2n) is 7.20. The summed E-state index contributed by atoms with van der Waals surface area (Å²) in [5.74, 6) is 0. The van der Waals surface area contributed by atoms with Gasteiger partial charge in [0.2, 0.25) is 0 Å². The van der Waals surface area contributed by atoms with Crippen molar-refractivity contribution in [2.75, 3.05) is 26.2 Å². The van der Waals surface area contributed by atoms with Crippen molar-refractivity contribution < 1.29 is 9.53 Å². The first-order chi connectivity index (χ1) is 9.86. The monoisotopic (exact) mass is 293 g/mol. The van der Waals surface area contributed by atoms with Gasteiger partial charge in [0, 0.05) is 6.54 Å². The number of hydrogen-bond donors (Lipinski definition) is 0. The highest BCUT2D eigenvalue weighted by Gasteiger charge is 2.43. The van der Waals surface area contributed by atoms with Gasteiger partial charge < -0.3 is 9.64 Å². The first kappa shape index (κ1) is 16.1. The Morgan fingerprint density at radius 2 is 1.81 bits per heavy atom. The van der Waals surface area contributed by atoms with Crippen LogP contribution in [0.4, 0.5) is 4.79 Å². The normalized spacial score (nSPS) is 28.0. The van der Waals surface area contributed by atoms with E-state index in [-0.39, 0.29) is 6.09 Å². The van der Waals surface area contributed by atoms with Gasteiger partial charge in [-0.2, -0.15) is 5.26 Å². The number of nitrogens with zero attached hydrogens (tertiary/aromatic N) is 3. The number of likely N-dealkylation sites (tertiary alicyclic amines) is 2. The van der Waals surface area contributed by atoms with E-state index in [1.807, 2.05) is 20.8 Å². The molecule has 0 spiro atoms. The van der Waals surface area contributed by atoms with Crippen LogP contribution in [0.2, 0.25) is 0 Å². The maximum absolute atomic E-state index is 12.3. The van der Waals surface area contributed by atoms with Crippen molar-refractivity contribution >= 4 is 6.09 Å². The van der Waals surface area contributed by atoms with Crippen LogP contribution in [0.3, 0.4) is 0 Å². The van der Waals surface area contributed by atoms with Crippen molar-refractivity contribution in [2.24, 2.45) is 0 Å². The summed E-state index contributed by atoms with van der Waals surface area (Å²) in [5, 5.41) is 9.76. The molecule has 21 heavy (non-hydrogen) atoms. The number of rotatable bonds is 1. The van der Waals surface area contributed by atoms with Crippen LogP contribution in [-0.2, 0) is 4.74 Å². The molecule has 0 aromatic heterocycles. The molecule has 2 saturated heterocycles. The Morgan fingerprint density at radius 3 is 2.38 bits per heavy atom. The van der Waals surface area contributed by atoms with Crippen LogP contribution in [0.5, 0.6) is 0 Å². The van der Waals surface area contributed by atoms with E-state index in [0.29, 0.717) is 13.1 Å². The Hall–Kier alpha value is -1.28. The lowest BCUT2D eigenvalue weighted by atomic mass is 9.87. The summed E-state index contributed by atoms with van der Waals surface area (Å²) in [5.41, 5.74) is -1.01. The zero-order valence-electron chi connectivity index (χ0n) is 13.5. The molecule has 2 rings (SSSR count). The summed E-state index contributed by atoms with van der Waals surface area (Å²) in [7, 11) is 0. The first-order valence-corrected chi connectivity index (χ1v) is 8.01. The molecule has 5 nitrogen and oxygen atoms in total. The number of hydrogen-bond acceptors (Lipinski definition) is 4. The van der Waals surface area contributed by atoms with Crippen LogP contribution >= 0.6 is 0 Å². The van der Waals surface area contributed by atoms with Gasteiger partial charge in [-0.25, -0.2) is 4.79 Å². The summed E-state index contributed by atoms with van der Waals surface area (Å²) in [4.78, 5) is 16.3. The zero-order chi connectivity index (χ0) is 15.5. The number of nitriles is 1. The summed E-state index contributed by atoms with van der Waals surface area (Å²) < 4.78 is 5.46. The van der Waals surface area contributed by atoms with Crippen LogP contribution < -0.4 is 0 Å². The molecule has 0 aliphatic carbocycles. The predicted octanol–water partition coefficient (Wildman–Crippen LogP) is 2.77. The van der Waals surface area contributed by atoms with E-state index in [4.69, 9.17) is 4.74 Å². The highest BCUT2D eigenvalue weighted by atomic mass is 16.6. The quantitative estimate of drug-likeness (QED) is 0.746. The third kappa shape index (κ3) is 3.88.